The molecule has 14 heteroatoms. The first-order chi connectivity index (χ1) is 15.4. The third-order valence-electron chi connectivity index (χ3n) is 4.63. The van der Waals surface area contributed by atoms with E-state index in [1.165, 1.54) is 18.7 Å². The molecule has 0 aromatic heterocycles. The Bertz CT molecular complexity index is 679. The van der Waals surface area contributed by atoms with Gasteiger partial charge < -0.3 is 43.4 Å². The Morgan fingerprint density at radius 1 is 0.939 bits per heavy atom. The molecule has 190 valence electrons. The van der Waals surface area contributed by atoms with Crippen LogP contribution in [-0.2, 0) is 24.0 Å². The molecule has 5 atom stereocenters. The quantitative estimate of drug-likeness (QED) is 0.0956. The summed E-state index contributed by atoms with van der Waals surface area (Å²) >= 11 is 1.50. The van der Waals surface area contributed by atoms with Gasteiger partial charge in [-0.25, -0.2) is 4.79 Å². The van der Waals surface area contributed by atoms with Crippen LogP contribution in [0.1, 0.15) is 39.0 Å². The van der Waals surface area contributed by atoms with Crippen molar-refractivity contribution < 1.29 is 34.2 Å². The number of primary amides is 1. The highest BCUT2D eigenvalue weighted by molar-refractivity contribution is 7.98. The standard InChI is InChI=1S/C19H36N6O7S/c1-10(26)15(25-16(28)11(21)6-8-33-2)18(30)23-12(5-3-4-7-20)17(29)24-13(19(31)32)9-14(22)27/h10-13,15,26H,3-9,20-21H2,1-2H3,(H2,22,27)(H,23,30)(H,24,29)(H,25,28)(H,31,32). The predicted octanol–water partition coefficient (Wildman–Crippen LogP) is -3.01. The van der Waals surface area contributed by atoms with E-state index in [4.69, 9.17) is 17.2 Å². The molecular weight excluding hydrogens is 456 g/mol. The van der Waals surface area contributed by atoms with E-state index in [1.807, 2.05) is 6.26 Å². The fourth-order valence-corrected chi connectivity index (χ4v) is 3.23. The molecule has 33 heavy (non-hydrogen) atoms. The number of aliphatic hydroxyl groups is 1. The molecule has 0 aliphatic heterocycles. The number of hydrogen-bond acceptors (Lipinski definition) is 9. The van der Waals surface area contributed by atoms with Gasteiger partial charge in [0.1, 0.15) is 18.1 Å². The fourth-order valence-electron chi connectivity index (χ4n) is 2.74. The van der Waals surface area contributed by atoms with E-state index in [9.17, 15) is 34.2 Å². The first-order valence-electron chi connectivity index (χ1n) is 10.5. The van der Waals surface area contributed by atoms with Gasteiger partial charge in [0.2, 0.25) is 23.6 Å². The van der Waals surface area contributed by atoms with E-state index in [2.05, 4.69) is 16.0 Å². The molecule has 11 N–H and O–H groups in total. The van der Waals surface area contributed by atoms with Crippen LogP contribution in [0.4, 0.5) is 0 Å². The van der Waals surface area contributed by atoms with Crippen LogP contribution in [0.5, 0.6) is 0 Å². The van der Waals surface area contributed by atoms with E-state index in [0.29, 0.717) is 31.6 Å². The van der Waals surface area contributed by atoms with Crippen LogP contribution in [-0.4, -0.2) is 88.6 Å². The largest absolute Gasteiger partial charge is 0.480 e. The van der Waals surface area contributed by atoms with Crippen LogP contribution in [0.2, 0.25) is 0 Å². The summed E-state index contributed by atoms with van der Waals surface area (Å²) in [6.07, 6.45) is 1.33. The number of carboxylic acid groups (broad SMARTS) is 1. The molecule has 0 saturated heterocycles. The van der Waals surface area contributed by atoms with Gasteiger partial charge in [0.15, 0.2) is 0 Å². The van der Waals surface area contributed by atoms with Gasteiger partial charge >= 0.3 is 5.97 Å². The van der Waals surface area contributed by atoms with Crippen LogP contribution in [0, 0.1) is 0 Å². The maximum absolute atomic E-state index is 12.8. The number of aliphatic hydroxyl groups excluding tert-OH is 1. The van der Waals surface area contributed by atoms with Crippen LogP contribution >= 0.6 is 11.8 Å². The Kier molecular flexibility index (Phi) is 15.0. The molecule has 4 amide bonds. The van der Waals surface area contributed by atoms with Crippen molar-refractivity contribution in [3.63, 3.8) is 0 Å². The number of carbonyl (C=O) groups is 5. The first-order valence-corrected chi connectivity index (χ1v) is 11.9. The second kappa shape index (κ2) is 16.2. The molecule has 0 aliphatic carbocycles. The van der Waals surface area contributed by atoms with Gasteiger partial charge in [-0.15, -0.1) is 0 Å². The summed E-state index contributed by atoms with van der Waals surface area (Å²) in [6, 6.07) is -5.07. The first kappa shape index (κ1) is 30.6. The molecule has 0 aromatic rings. The lowest BCUT2D eigenvalue weighted by Crippen LogP contribution is -2.59. The number of unbranched alkanes of at least 4 members (excludes halogenated alkanes) is 1. The molecular formula is C19H36N6O7S. The van der Waals surface area contributed by atoms with E-state index >= 15 is 0 Å². The Morgan fingerprint density at radius 3 is 2.03 bits per heavy atom. The lowest BCUT2D eigenvalue weighted by atomic mass is 10.1. The fraction of sp³-hybridized carbons (Fsp3) is 0.737. The summed E-state index contributed by atoms with van der Waals surface area (Å²) in [5.41, 5.74) is 16.3. The molecule has 0 bridgehead atoms. The number of aliphatic carboxylic acids is 1. The van der Waals surface area contributed by atoms with Crippen molar-refractivity contribution in [2.45, 2.75) is 69.3 Å². The maximum Gasteiger partial charge on any atom is 0.326 e. The van der Waals surface area contributed by atoms with Crippen molar-refractivity contribution >= 4 is 41.4 Å². The Balaban J connectivity index is 5.41. The summed E-state index contributed by atoms with van der Waals surface area (Å²) in [4.78, 5) is 60.1. The van der Waals surface area contributed by atoms with Crippen molar-refractivity contribution in [3.05, 3.63) is 0 Å². The third-order valence-corrected chi connectivity index (χ3v) is 5.28. The average Bonchev–Trinajstić information content (AvgIpc) is 2.73. The molecule has 0 spiro atoms. The van der Waals surface area contributed by atoms with Crippen molar-refractivity contribution in [3.8, 4) is 0 Å². The van der Waals surface area contributed by atoms with Gasteiger partial charge in [0, 0.05) is 0 Å². The zero-order chi connectivity index (χ0) is 25.6. The molecule has 13 nitrogen and oxygen atoms in total. The van der Waals surface area contributed by atoms with Crippen LogP contribution in [0.3, 0.4) is 0 Å². The Hall–Kier alpha value is -2.42. The summed E-state index contributed by atoms with van der Waals surface area (Å²) in [7, 11) is 0. The summed E-state index contributed by atoms with van der Waals surface area (Å²) in [5, 5.41) is 26.2. The second-order valence-electron chi connectivity index (χ2n) is 7.53. The Labute approximate surface area is 196 Å². The number of nitrogens with two attached hydrogens (primary N) is 3. The van der Waals surface area contributed by atoms with Gasteiger partial charge in [-0.05, 0) is 51.2 Å². The minimum atomic E-state index is -1.58. The van der Waals surface area contributed by atoms with Crippen molar-refractivity contribution in [1.82, 2.24) is 16.0 Å². The Morgan fingerprint density at radius 2 is 1.55 bits per heavy atom. The molecule has 0 aromatic carbocycles. The monoisotopic (exact) mass is 492 g/mol. The van der Waals surface area contributed by atoms with Crippen molar-refractivity contribution in [2.75, 3.05) is 18.6 Å². The van der Waals surface area contributed by atoms with E-state index in [1.54, 1.807) is 0 Å². The van der Waals surface area contributed by atoms with Gasteiger partial charge in [-0.3, -0.25) is 19.2 Å². The highest BCUT2D eigenvalue weighted by Crippen LogP contribution is 2.06. The van der Waals surface area contributed by atoms with E-state index < -0.39 is 66.3 Å². The third kappa shape index (κ3) is 12.4. The number of nitrogens with one attached hydrogen (secondary N) is 3. The van der Waals surface area contributed by atoms with Gasteiger partial charge in [-0.1, -0.05) is 0 Å². The van der Waals surface area contributed by atoms with Gasteiger partial charge in [0.05, 0.1) is 18.6 Å². The number of carboxylic acids is 1. The highest BCUT2D eigenvalue weighted by Gasteiger charge is 2.32. The van der Waals surface area contributed by atoms with Gasteiger partial charge in [0.25, 0.3) is 0 Å². The number of thioether (sulfide) groups is 1. The molecule has 0 saturated carbocycles. The van der Waals surface area contributed by atoms with Crippen LogP contribution in [0.25, 0.3) is 0 Å². The minimum absolute atomic E-state index is 0.103. The van der Waals surface area contributed by atoms with Crippen LogP contribution in [0.15, 0.2) is 0 Å². The number of hydrogen-bond donors (Lipinski definition) is 8. The van der Waals surface area contributed by atoms with E-state index in [0.717, 1.165) is 0 Å². The summed E-state index contributed by atoms with van der Waals surface area (Å²) in [5.74, 6) is -4.13. The minimum Gasteiger partial charge on any atom is -0.480 e. The second-order valence-corrected chi connectivity index (χ2v) is 8.52. The predicted molar refractivity (Wildman–Crippen MR) is 123 cm³/mol. The topological polar surface area (TPSA) is 240 Å². The number of amides is 4. The van der Waals surface area contributed by atoms with Crippen molar-refractivity contribution in [2.24, 2.45) is 17.2 Å². The lowest BCUT2D eigenvalue weighted by molar-refractivity contribution is -0.144. The van der Waals surface area contributed by atoms with Crippen LogP contribution < -0.4 is 33.2 Å². The van der Waals surface area contributed by atoms with Crippen molar-refractivity contribution in [1.29, 1.82) is 0 Å². The maximum atomic E-state index is 12.8. The zero-order valence-corrected chi connectivity index (χ0v) is 19.7. The van der Waals surface area contributed by atoms with Gasteiger partial charge in [-0.2, -0.15) is 11.8 Å². The van der Waals surface area contributed by atoms with E-state index in [-0.39, 0.29) is 6.42 Å². The normalized spacial score (nSPS) is 15.4. The average molecular weight is 493 g/mol. The molecule has 0 fully saturated rings. The number of rotatable bonds is 17. The lowest BCUT2D eigenvalue weighted by Gasteiger charge is -2.26. The molecule has 0 aliphatic rings. The molecule has 0 heterocycles. The SMILES string of the molecule is CSCCC(N)C(=O)NC(C(=O)NC(CCCCN)C(=O)NC(CC(N)=O)C(=O)O)C(C)O. The summed E-state index contributed by atoms with van der Waals surface area (Å²) < 4.78 is 0. The molecule has 5 unspecified atom stereocenters. The zero-order valence-electron chi connectivity index (χ0n) is 18.9. The molecule has 0 rings (SSSR count). The smallest absolute Gasteiger partial charge is 0.326 e. The highest BCUT2D eigenvalue weighted by atomic mass is 32.2. The molecule has 0 radical (unpaired) electrons. The summed E-state index contributed by atoms with van der Waals surface area (Å²) in [6.45, 7) is 1.62. The number of carbonyl (C=O) groups excluding carboxylic acids is 4.